The molecule has 7 heteroatoms. The van der Waals surface area contributed by atoms with Crippen molar-refractivity contribution in [3.8, 4) is 11.5 Å². The molecule has 3 atom stereocenters. The van der Waals surface area contributed by atoms with Crippen LogP contribution in [0, 0.1) is 18.8 Å². The molecule has 4 rings (SSSR count). The summed E-state index contributed by atoms with van der Waals surface area (Å²) in [4.78, 5) is 17.9. The molecule has 1 amide bonds. The zero-order valence-corrected chi connectivity index (χ0v) is 17.5. The standard InChI is InChI=1S/C23H29N3O4/c1-15-4-3-9-25-22(15)23(28)8-7-17-12-26(13-18(17)23)11-16-5-6-19(20(10-16)29-2)30-14-21(24)27/h3-6,9-10,17-18,28H,7-8,11-14H2,1-2H3,(H2,24,27)/t17-,18+,23-/m0/s1. The van der Waals surface area contributed by atoms with Crippen LogP contribution < -0.4 is 15.2 Å². The average molecular weight is 412 g/mol. The number of fused-ring (bicyclic) bond motifs is 1. The largest absolute Gasteiger partial charge is 0.493 e. The Kier molecular flexibility index (Phi) is 5.66. The van der Waals surface area contributed by atoms with Crippen molar-refractivity contribution in [2.45, 2.75) is 31.9 Å². The molecule has 160 valence electrons. The first-order valence-electron chi connectivity index (χ1n) is 10.4. The molecule has 0 radical (unpaired) electrons. The number of ether oxygens (including phenoxy) is 2. The number of nitrogens with two attached hydrogens (primary N) is 1. The Hall–Kier alpha value is -2.64. The maximum absolute atomic E-state index is 11.6. The number of aromatic nitrogens is 1. The van der Waals surface area contributed by atoms with Crippen molar-refractivity contribution in [3.63, 3.8) is 0 Å². The number of aliphatic hydroxyl groups is 1. The van der Waals surface area contributed by atoms with Gasteiger partial charge in [-0.25, -0.2) is 0 Å². The number of aryl methyl sites for hydroxylation is 1. The number of hydrogen-bond acceptors (Lipinski definition) is 6. The van der Waals surface area contributed by atoms with E-state index in [1.807, 2.05) is 37.3 Å². The Morgan fingerprint density at radius 1 is 1.33 bits per heavy atom. The van der Waals surface area contributed by atoms with E-state index in [1.165, 1.54) is 0 Å². The van der Waals surface area contributed by atoms with E-state index < -0.39 is 11.5 Å². The molecule has 2 fully saturated rings. The van der Waals surface area contributed by atoms with Crippen molar-refractivity contribution in [2.75, 3.05) is 26.8 Å². The van der Waals surface area contributed by atoms with E-state index in [2.05, 4.69) is 9.88 Å². The van der Waals surface area contributed by atoms with Crippen LogP contribution in [0.5, 0.6) is 11.5 Å². The molecule has 2 aromatic rings. The molecule has 7 nitrogen and oxygen atoms in total. The van der Waals surface area contributed by atoms with E-state index in [9.17, 15) is 9.90 Å². The van der Waals surface area contributed by atoms with Gasteiger partial charge in [0.15, 0.2) is 18.1 Å². The van der Waals surface area contributed by atoms with Crippen LogP contribution in [0.2, 0.25) is 0 Å². The number of carbonyl (C=O) groups is 1. The Bertz CT molecular complexity index is 934. The number of benzene rings is 1. The highest BCUT2D eigenvalue weighted by Gasteiger charge is 2.53. The number of likely N-dealkylation sites (tertiary alicyclic amines) is 1. The molecule has 1 aromatic heterocycles. The fourth-order valence-corrected chi connectivity index (χ4v) is 5.08. The van der Waals surface area contributed by atoms with Crippen LogP contribution in [0.15, 0.2) is 36.5 Å². The van der Waals surface area contributed by atoms with Gasteiger partial charge in [0.2, 0.25) is 0 Å². The highest BCUT2D eigenvalue weighted by Crippen LogP contribution is 2.50. The summed E-state index contributed by atoms with van der Waals surface area (Å²) < 4.78 is 10.8. The SMILES string of the molecule is COc1cc(CN2C[C@@H]3CC[C@@](O)(c4ncccc4C)[C@@H]3C2)ccc1OCC(N)=O. The second-order valence-electron chi connectivity index (χ2n) is 8.43. The number of amides is 1. The summed E-state index contributed by atoms with van der Waals surface area (Å²) >= 11 is 0. The minimum atomic E-state index is -0.852. The lowest BCUT2D eigenvalue weighted by Gasteiger charge is -2.31. The van der Waals surface area contributed by atoms with Gasteiger partial charge in [0.25, 0.3) is 5.91 Å². The Balaban J connectivity index is 1.47. The minimum Gasteiger partial charge on any atom is -0.493 e. The van der Waals surface area contributed by atoms with Crippen LogP contribution in [-0.4, -0.2) is 47.7 Å². The highest BCUT2D eigenvalue weighted by molar-refractivity contribution is 5.75. The van der Waals surface area contributed by atoms with Gasteiger partial charge in [-0.3, -0.25) is 14.7 Å². The first kappa shape index (κ1) is 20.6. The number of methoxy groups -OCH3 is 1. The van der Waals surface area contributed by atoms with E-state index in [-0.39, 0.29) is 12.5 Å². The third kappa shape index (κ3) is 3.87. The number of hydrogen-bond donors (Lipinski definition) is 2. The summed E-state index contributed by atoms with van der Waals surface area (Å²) in [5.41, 5.74) is 7.28. The molecule has 2 heterocycles. The van der Waals surface area contributed by atoms with E-state index >= 15 is 0 Å². The minimum absolute atomic E-state index is 0.184. The van der Waals surface area contributed by atoms with E-state index in [1.54, 1.807) is 13.3 Å². The van der Waals surface area contributed by atoms with Crippen LogP contribution >= 0.6 is 0 Å². The summed E-state index contributed by atoms with van der Waals surface area (Å²) in [5, 5.41) is 11.6. The van der Waals surface area contributed by atoms with Crippen LogP contribution in [-0.2, 0) is 16.9 Å². The van der Waals surface area contributed by atoms with Gasteiger partial charge in [0.05, 0.1) is 12.8 Å². The van der Waals surface area contributed by atoms with Crippen LogP contribution in [0.1, 0.15) is 29.7 Å². The van der Waals surface area contributed by atoms with Gasteiger partial charge in [-0.1, -0.05) is 12.1 Å². The van der Waals surface area contributed by atoms with E-state index in [4.69, 9.17) is 15.2 Å². The molecule has 1 aromatic carbocycles. The molecule has 1 saturated heterocycles. The summed E-state index contributed by atoms with van der Waals surface area (Å²) in [6.45, 7) is 4.39. The van der Waals surface area contributed by atoms with E-state index in [0.29, 0.717) is 17.4 Å². The lowest BCUT2D eigenvalue weighted by molar-refractivity contribution is -0.119. The maximum Gasteiger partial charge on any atom is 0.255 e. The maximum atomic E-state index is 11.6. The molecular weight excluding hydrogens is 382 g/mol. The molecule has 30 heavy (non-hydrogen) atoms. The second kappa shape index (κ2) is 8.24. The van der Waals surface area contributed by atoms with Crippen molar-refractivity contribution in [3.05, 3.63) is 53.3 Å². The van der Waals surface area contributed by atoms with Crippen molar-refractivity contribution in [1.29, 1.82) is 0 Å². The molecule has 2 aliphatic rings. The third-order valence-corrected chi connectivity index (χ3v) is 6.45. The average Bonchev–Trinajstić information content (AvgIpc) is 3.27. The van der Waals surface area contributed by atoms with Gasteiger partial charge in [-0.2, -0.15) is 0 Å². The Morgan fingerprint density at radius 2 is 2.17 bits per heavy atom. The third-order valence-electron chi connectivity index (χ3n) is 6.45. The summed E-state index contributed by atoms with van der Waals surface area (Å²) in [5.74, 6) is 1.20. The molecule has 0 bridgehead atoms. The normalized spacial score (nSPS) is 25.8. The molecule has 1 aliphatic carbocycles. The van der Waals surface area contributed by atoms with Crippen molar-refractivity contribution in [2.24, 2.45) is 17.6 Å². The smallest absolute Gasteiger partial charge is 0.255 e. The summed E-state index contributed by atoms with van der Waals surface area (Å²) in [6, 6.07) is 9.65. The number of rotatable bonds is 7. The monoisotopic (exact) mass is 411 g/mol. The quantitative estimate of drug-likeness (QED) is 0.723. The molecule has 0 spiro atoms. The topological polar surface area (TPSA) is 97.9 Å². The van der Waals surface area contributed by atoms with Crippen molar-refractivity contribution < 1.29 is 19.4 Å². The van der Waals surface area contributed by atoms with Gasteiger partial charge in [0, 0.05) is 31.7 Å². The van der Waals surface area contributed by atoms with Gasteiger partial charge < -0.3 is 20.3 Å². The van der Waals surface area contributed by atoms with Gasteiger partial charge in [-0.15, -0.1) is 0 Å². The van der Waals surface area contributed by atoms with Crippen LogP contribution in [0.4, 0.5) is 0 Å². The lowest BCUT2D eigenvalue weighted by atomic mass is 9.83. The fraction of sp³-hybridized carbons (Fsp3) is 0.478. The molecular formula is C23H29N3O4. The fourth-order valence-electron chi connectivity index (χ4n) is 5.08. The van der Waals surface area contributed by atoms with Crippen molar-refractivity contribution >= 4 is 5.91 Å². The zero-order chi connectivity index (χ0) is 21.3. The molecule has 1 saturated carbocycles. The van der Waals surface area contributed by atoms with E-state index in [0.717, 1.165) is 49.3 Å². The number of pyridine rings is 1. The van der Waals surface area contributed by atoms with Gasteiger partial charge in [0.1, 0.15) is 5.60 Å². The molecule has 1 aliphatic heterocycles. The number of primary amides is 1. The summed E-state index contributed by atoms with van der Waals surface area (Å²) in [7, 11) is 1.58. The molecule has 0 unspecified atom stereocenters. The van der Waals surface area contributed by atoms with Crippen LogP contribution in [0.25, 0.3) is 0 Å². The highest BCUT2D eigenvalue weighted by atomic mass is 16.5. The predicted octanol–water partition coefficient (Wildman–Crippen LogP) is 1.99. The number of carbonyl (C=O) groups excluding carboxylic acids is 1. The first-order chi connectivity index (χ1) is 14.4. The Labute approximate surface area is 176 Å². The van der Waals surface area contributed by atoms with Gasteiger partial charge in [-0.05, 0) is 55.0 Å². The van der Waals surface area contributed by atoms with Crippen molar-refractivity contribution in [1.82, 2.24) is 9.88 Å². The first-order valence-corrected chi connectivity index (χ1v) is 10.4. The lowest BCUT2D eigenvalue weighted by Crippen LogP contribution is -2.36. The number of nitrogens with zero attached hydrogens (tertiary/aromatic N) is 2. The predicted molar refractivity (Wildman–Crippen MR) is 112 cm³/mol. The van der Waals surface area contributed by atoms with Crippen LogP contribution in [0.3, 0.4) is 0 Å². The summed E-state index contributed by atoms with van der Waals surface area (Å²) in [6.07, 6.45) is 3.55. The van der Waals surface area contributed by atoms with Gasteiger partial charge >= 0.3 is 0 Å². The molecule has 3 N–H and O–H groups in total. The zero-order valence-electron chi connectivity index (χ0n) is 17.5. The second-order valence-corrected chi connectivity index (χ2v) is 8.43. The Morgan fingerprint density at radius 3 is 2.90 bits per heavy atom.